The van der Waals surface area contributed by atoms with E-state index in [0.717, 1.165) is 11.3 Å². The Hall–Kier alpha value is -2.80. The van der Waals surface area contributed by atoms with Crippen molar-refractivity contribution in [2.24, 2.45) is 0 Å². The Balaban J connectivity index is 2.28. The predicted molar refractivity (Wildman–Crippen MR) is 92.3 cm³/mol. The maximum Gasteiger partial charge on any atom is 0.126 e. The first kappa shape index (κ1) is 14.2. The quantitative estimate of drug-likeness (QED) is 0.758. The summed E-state index contributed by atoms with van der Waals surface area (Å²) in [4.78, 5) is 0. The second-order valence-corrected chi connectivity index (χ2v) is 5.00. The van der Waals surface area contributed by atoms with Gasteiger partial charge in [0.15, 0.2) is 0 Å². The summed E-state index contributed by atoms with van der Waals surface area (Å²) in [6.45, 7) is 0. The molecule has 0 fully saturated rings. The summed E-state index contributed by atoms with van der Waals surface area (Å²) in [5.74, 6) is 0.868. The standard InChI is InChI=1S/C21H18O/c1-22-20-16-10-4-9-15-19(20)21(17-11-5-2-6-12-17)18-13-7-3-8-14-18/h2-16H,1H3. The molecule has 0 atom stereocenters. The van der Waals surface area contributed by atoms with Crippen molar-refractivity contribution in [2.45, 2.75) is 0 Å². The highest BCUT2D eigenvalue weighted by atomic mass is 16.5. The Morgan fingerprint density at radius 3 is 1.86 bits per heavy atom. The van der Waals surface area contributed by atoms with E-state index in [1.54, 1.807) is 7.11 Å². The summed E-state index contributed by atoms with van der Waals surface area (Å²) in [6, 6.07) is 20.9. The van der Waals surface area contributed by atoms with Gasteiger partial charge in [-0.05, 0) is 22.8 Å². The van der Waals surface area contributed by atoms with E-state index in [0.29, 0.717) is 0 Å². The fraction of sp³-hybridized carbons (Fsp3) is 0.0476. The molecule has 0 heterocycles. The van der Waals surface area contributed by atoms with Gasteiger partial charge in [0.2, 0.25) is 0 Å². The molecule has 0 amide bonds. The topological polar surface area (TPSA) is 9.23 Å². The van der Waals surface area contributed by atoms with Crippen LogP contribution in [0.15, 0.2) is 102 Å². The van der Waals surface area contributed by atoms with Crippen molar-refractivity contribution in [3.05, 3.63) is 114 Å². The van der Waals surface area contributed by atoms with Crippen LogP contribution < -0.4 is 0 Å². The predicted octanol–water partition coefficient (Wildman–Crippen LogP) is 5.14. The van der Waals surface area contributed by atoms with Gasteiger partial charge in [-0.15, -0.1) is 0 Å². The molecule has 1 heteroatoms. The number of hydrogen-bond acceptors (Lipinski definition) is 1. The molecule has 0 N–H and O–H groups in total. The number of allylic oxidation sites excluding steroid dienone is 5. The minimum Gasteiger partial charge on any atom is -0.496 e. The van der Waals surface area contributed by atoms with Crippen LogP contribution in [0.3, 0.4) is 0 Å². The third-order valence-corrected chi connectivity index (χ3v) is 3.61. The minimum atomic E-state index is 0.868. The van der Waals surface area contributed by atoms with Gasteiger partial charge in [-0.3, -0.25) is 0 Å². The van der Waals surface area contributed by atoms with Crippen molar-refractivity contribution >= 4 is 5.57 Å². The van der Waals surface area contributed by atoms with Crippen LogP contribution in [0.4, 0.5) is 0 Å². The number of ether oxygens (including phenoxy) is 1. The minimum absolute atomic E-state index is 0.868. The Bertz CT molecular complexity index is 706. The molecule has 1 aliphatic rings. The molecule has 1 aliphatic carbocycles. The van der Waals surface area contributed by atoms with Crippen LogP contribution in [0.2, 0.25) is 0 Å². The molecule has 0 saturated heterocycles. The summed E-state index contributed by atoms with van der Waals surface area (Å²) in [5.41, 5.74) is 4.62. The summed E-state index contributed by atoms with van der Waals surface area (Å²) < 4.78 is 5.61. The Morgan fingerprint density at radius 2 is 1.32 bits per heavy atom. The van der Waals surface area contributed by atoms with Crippen LogP contribution in [0, 0.1) is 0 Å². The van der Waals surface area contributed by atoms with E-state index >= 15 is 0 Å². The zero-order valence-electron chi connectivity index (χ0n) is 12.6. The van der Waals surface area contributed by atoms with E-state index < -0.39 is 0 Å². The van der Waals surface area contributed by atoms with Gasteiger partial charge in [0.05, 0.1) is 7.11 Å². The van der Waals surface area contributed by atoms with Gasteiger partial charge in [-0.25, -0.2) is 0 Å². The van der Waals surface area contributed by atoms with E-state index in [2.05, 4.69) is 54.6 Å². The number of hydrogen-bond donors (Lipinski definition) is 0. The smallest absolute Gasteiger partial charge is 0.126 e. The van der Waals surface area contributed by atoms with E-state index in [9.17, 15) is 0 Å². The number of rotatable bonds is 3. The van der Waals surface area contributed by atoms with Crippen molar-refractivity contribution in [3.8, 4) is 0 Å². The highest BCUT2D eigenvalue weighted by molar-refractivity contribution is 5.86. The highest BCUT2D eigenvalue weighted by Crippen LogP contribution is 2.32. The van der Waals surface area contributed by atoms with Crippen LogP contribution in [0.25, 0.3) is 5.57 Å². The normalized spacial score (nSPS) is 13.5. The maximum absolute atomic E-state index is 5.61. The fourth-order valence-corrected chi connectivity index (χ4v) is 2.60. The van der Waals surface area contributed by atoms with Gasteiger partial charge in [-0.2, -0.15) is 0 Å². The van der Waals surface area contributed by atoms with Crippen LogP contribution >= 0.6 is 0 Å². The molecule has 0 aliphatic heterocycles. The average molecular weight is 286 g/mol. The van der Waals surface area contributed by atoms with E-state index in [4.69, 9.17) is 4.74 Å². The van der Waals surface area contributed by atoms with Crippen LogP contribution in [0.5, 0.6) is 0 Å². The first-order valence-corrected chi connectivity index (χ1v) is 7.34. The maximum atomic E-state index is 5.61. The molecule has 0 saturated carbocycles. The first-order chi connectivity index (χ1) is 10.9. The molecule has 0 unspecified atom stereocenters. The largest absolute Gasteiger partial charge is 0.496 e. The molecular formula is C21H18O. The van der Waals surface area contributed by atoms with Crippen molar-refractivity contribution in [3.63, 3.8) is 0 Å². The molecule has 2 aromatic rings. The van der Waals surface area contributed by atoms with E-state index in [1.807, 2.05) is 36.4 Å². The molecule has 1 nitrogen and oxygen atoms in total. The molecule has 3 rings (SSSR count). The number of benzene rings is 2. The van der Waals surface area contributed by atoms with Gasteiger partial charge >= 0.3 is 0 Å². The van der Waals surface area contributed by atoms with Crippen LogP contribution in [-0.4, -0.2) is 7.11 Å². The zero-order valence-corrected chi connectivity index (χ0v) is 12.6. The summed E-state index contributed by atoms with van der Waals surface area (Å²) in [5, 5.41) is 0. The molecule has 22 heavy (non-hydrogen) atoms. The molecule has 108 valence electrons. The highest BCUT2D eigenvalue weighted by Gasteiger charge is 2.14. The van der Waals surface area contributed by atoms with Crippen molar-refractivity contribution in [1.29, 1.82) is 0 Å². The average Bonchev–Trinajstić information content (AvgIpc) is 2.83. The van der Waals surface area contributed by atoms with Crippen molar-refractivity contribution < 1.29 is 4.74 Å². The lowest BCUT2D eigenvalue weighted by atomic mass is 9.92. The lowest BCUT2D eigenvalue weighted by Crippen LogP contribution is -1.98. The van der Waals surface area contributed by atoms with E-state index in [1.165, 1.54) is 16.7 Å². The fourth-order valence-electron chi connectivity index (χ4n) is 2.60. The van der Waals surface area contributed by atoms with Crippen molar-refractivity contribution in [1.82, 2.24) is 0 Å². The van der Waals surface area contributed by atoms with Gasteiger partial charge in [-0.1, -0.05) is 85.0 Å². The lowest BCUT2D eigenvalue weighted by Gasteiger charge is -2.15. The molecule has 0 aromatic heterocycles. The van der Waals surface area contributed by atoms with Gasteiger partial charge in [0, 0.05) is 5.57 Å². The molecular weight excluding hydrogens is 268 g/mol. The van der Waals surface area contributed by atoms with Crippen LogP contribution in [0.1, 0.15) is 11.1 Å². The SMILES string of the molecule is COC1=CC=CC=CC1=C(c1ccccc1)c1ccccc1. The molecule has 0 spiro atoms. The van der Waals surface area contributed by atoms with Gasteiger partial charge in [0.25, 0.3) is 0 Å². The third-order valence-electron chi connectivity index (χ3n) is 3.61. The third kappa shape index (κ3) is 2.94. The van der Waals surface area contributed by atoms with E-state index in [-0.39, 0.29) is 0 Å². The zero-order chi connectivity index (χ0) is 15.2. The monoisotopic (exact) mass is 286 g/mol. The second-order valence-electron chi connectivity index (χ2n) is 5.00. The van der Waals surface area contributed by atoms with Gasteiger partial charge < -0.3 is 4.74 Å². The van der Waals surface area contributed by atoms with Crippen LogP contribution in [-0.2, 0) is 4.74 Å². The second kappa shape index (κ2) is 6.77. The molecule has 0 radical (unpaired) electrons. The Labute approximate surface area is 131 Å². The summed E-state index contributed by atoms with van der Waals surface area (Å²) >= 11 is 0. The molecule has 2 aromatic carbocycles. The molecule has 0 bridgehead atoms. The number of methoxy groups -OCH3 is 1. The Morgan fingerprint density at radius 1 is 0.727 bits per heavy atom. The summed E-state index contributed by atoms with van der Waals surface area (Å²) in [7, 11) is 1.71. The van der Waals surface area contributed by atoms with Gasteiger partial charge in [0.1, 0.15) is 5.76 Å². The van der Waals surface area contributed by atoms with Crippen molar-refractivity contribution in [2.75, 3.05) is 7.11 Å². The summed E-state index contributed by atoms with van der Waals surface area (Å²) in [6.07, 6.45) is 10.2. The first-order valence-electron chi connectivity index (χ1n) is 7.34. The Kier molecular flexibility index (Phi) is 4.35. The lowest BCUT2D eigenvalue weighted by molar-refractivity contribution is 0.303.